The van der Waals surface area contributed by atoms with Crippen LogP contribution in [0.1, 0.15) is 5.69 Å². The maximum Gasteiger partial charge on any atom is 0.252 e. The Hall–Kier alpha value is -2.96. The molecule has 2 aromatic heterocycles. The average Bonchev–Trinajstić information content (AvgIpc) is 2.80. The van der Waals surface area contributed by atoms with E-state index in [0.29, 0.717) is 22.8 Å². The Bertz CT molecular complexity index is 868. The molecule has 0 aliphatic rings. The first kappa shape index (κ1) is 13.0. The predicted octanol–water partition coefficient (Wildman–Crippen LogP) is 1.65. The summed E-state index contributed by atoms with van der Waals surface area (Å²) < 4.78 is 14.6. The van der Waals surface area contributed by atoms with Gasteiger partial charge < -0.3 is 5.73 Å². The van der Waals surface area contributed by atoms with E-state index in [-0.39, 0.29) is 17.3 Å². The molecule has 0 saturated heterocycles. The first-order chi connectivity index (χ1) is 10.0. The number of nitrogens with two attached hydrogens (primary N) is 1. The molecule has 21 heavy (non-hydrogen) atoms. The molecule has 1 aromatic carbocycles. The first-order valence-electron chi connectivity index (χ1n) is 6.23. The normalized spacial score (nSPS) is 10.8. The molecule has 0 fully saturated rings. The van der Waals surface area contributed by atoms with Crippen LogP contribution in [-0.4, -0.2) is 19.7 Å². The van der Waals surface area contributed by atoms with Gasteiger partial charge in [0.25, 0.3) is 5.56 Å². The number of hydrogen-bond acceptors (Lipinski definition) is 4. The number of H-pyrrole nitrogens is 1. The lowest BCUT2D eigenvalue weighted by Crippen LogP contribution is -2.15. The second-order valence-electron chi connectivity index (χ2n) is 4.59. The van der Waals surface area contributed by atoms with Gasteiger partial charge in [-0.05, 0) is 19.1 Å². The summed E-state index contributed by atoms with van der Waals surface area (Å²) in [7, 11) is 0. The highest BCUT2D eigenvalue weighted by atomic mass is 19.1. The van der Waals surface area contributed by atoms with Gasteiger partial charge in [0.15, 0.2) is 0 Å². The van der Waals surface area contributed by atoms with Crippen LogP contribution in [0, 0.1) is 12.7 Å². The number of benzene rings is 1. The van der Waals surface area contributed by atoms with Gasteiger partial charge in [-0.3, -0.25) is 9.78 Å². The SMILES string of the molecule is Cc1cc(=O)[nH]c(-n2nc(-c3cccc(F)c3)cc2N)n1. The van der Waals surface area contributed by atoms with Gasteiger partial charge >= 0.3 is 0 Å². The number of nitrogens with zero attached hydrogens (tertiary/aromatic N) is 3. The maximum atomic E-state index is 13.3. The molecule has 0 atom stereocenters. The summed E-state index contributed by atoms with van der Waals surface area (Å²) in [6, 6.07) is 8.99. The van der Waals surface area contributed by atoms with E-state index in [9.17, 15) is 9.18 Å². The fourth-order valence-corrected chi connectivity index (χ4v) is 2.02. The molecule has 0 amide bonds. The van der Waals surface area contributed by atoms with Crippen LogP contribution in [-0.2, 0) is 0 Å². The van der Waals surface area contributed by atoms with E-state index in [1.165, 1.54) is 22.9 Å². The maximum absolute atomic E-state index is 13.3. The molecule has 106 valence electrons. The van der Waals surface area contributed by atoms with Gasteiger partial charge in [0.1, 0.15) is 11.6 Å². The van der Waals surface area contributed by atoms with Crippen LogP contribution in [0.2, 0.25) is 0 Å². The Balaban J connectivity index is 2.11. The molecule has 2 heterocycles. The quantitative estimate of drug-likeness (QED) is 0.749. The molecule has 0 radical (unpaired) electrons. The number of aromatic nitrogens is 4. The lowest BCUT2D eigenvalue weighted by molar-refractivity contribution is 0.628. The molecule has 3 rings (SSSR count). The van der Waals surface area contributed by atoms with Crippen molar-refractivity contribution in [1.82, 2.24) is 19.7 Å². The summed E-state index contributed by atoms with van der Waals surface area (Å²) >= 11 is 0. The molecular formula is C14H12FN5O. The molecule has 0 spiro atoms. The van der Waals surface area contributed by atoms with E-state index < -0.39 is 0 Å². The van der Waals surface area contributed by atoms with E-state index in [4.69, 9.17) is 5.73 Å². The fourth-order valence-electron chi connectivity index (χ4n) is 2.02. The lowest BCUT2D eigenvalue weighted by Gasteiger charge is -2.03. The minimum Gasteiger partial charge on any atom is -0.383 e. The first-order valence-corrected chi connectivity index (χ1v) is 6.23. The van der Waals surface area contributed by atoms with Gasteiger partial charge in [0.05, 0.1) is 5.69 Å². The molecular weight excluding hydrogens is 273 g/mol. The highest BCUT2D eigenvalue weighted by molar-refractivity contribution is 5.63. The van der Waals surface area contributed by atoms with E-state index in [1.54, 1.807) is 25.1 Å². The summed E-state index contributed by atoms with van der Waals surface area (Å²) in [4.78, 5) is 18.2. The zero-order valence-corrected chi connectivity index (χ0v) is 11.2. The molecule has 0 unspecified atom stereocenters. The highest BCUT2D eigenvalue weighted by Gasteiger charge is 2.11. The van der Waals surface area contributed by atoms with Crippen molar-refractivity contribution in [2.45, 2.75) is 6.92 Å². The summed E-state index contributed by atoms with van der Waals surface area (Å²) in [5.74, 6) is 0.158. The van der Waals surface area contributed by atoms with Gasteiger partial charge in [0.2, 0.25) is 5.95 Å². The van der Waals surface area contributed by atoms with Crippen molar-refractivity contribution in [3.8, 4) is 17.2 Å². The van der Waals surface area contributed by atoms with Crippen LogP contribution in [0.3, 0.4) is 0 Å². The average molecular weight is 285 g/mol. The molecule has 3 N–H and O–H groups in total. The third kappa shape index (κ3) is 2.53. The van der Waals surface area contributed by atoms with Crippen LogP contribution >= 0.6 is 0 Å². The number of hydrogen-bond donors (Lipinski definition) is 2. The largest absolute Gasteiger partial charge is 0.383 e. The van der Waals surface area contributed by atoms with Crippen molar-refractivity contribution in [3.63, 3.8) is 0 Å². The van der Waals surface area contributed by atoms with Crippen molar-refractivity contribution in [1.29, 1.82) is 0 Å². The van der Waals surface area contributed by atoms with Crippen molar-refractivity contribution < 1.29 is 4.39 Å². The Labute approximate surface area is 119 Å². The zero-order valence-electron chi connectivity index (χ0n) is 11.2. The van der Waals surface area contributed by atoms with Crippen LogP contribution in [0.15, 0.2) is 41.2 Å². The number of halogens is 1. The van der Waals surface area contributed by atoms with Gasteiger partial charge in [-0.25, -0.2) is 9.37 Å². The van der Waals surface area contributed by atoms with E-state index >= 15 is 0 Å². The van der Waals surface area contributed by atoms with Gasteiger partial charge in [0, 0.05) is 23.4 Å². The molecule has 0 aliphatic carbocycles. The number of rotatable bonds is 2. The monoisotopic (exact) mass is 285 g/mol. The Kier molecular flexibility index (Phi) is 3.02. The summed E-state index contributed by atoms with van der Waals surface area (Å²) in [6.45, 7) is 1.70. The Morgan fingerprint density at radius 3 is 2.81 bits per heavy atom. The van der Waals surface area contributed by atoms with E-state index in [1.807, 2.05) is 0 Å². The molecule has 0 aliphatic heterocycles. The Morgan fingerprint density at radius 2 is 2.10 bits per heavy atom. The standard InChI is InChI=1S/C14H12FN5O/c1-8-5-13(21)18-14(17-8)20-12(16)7-11(19-20)9-3-2-4-10(15)6-9/h2-7H,16H2,1H3,(H,17,18,21). The van der Waals surface area contributed by atoms with E-state index in [0.717, 1.165) is 0 Å². The minimum atomic E-state index is -0.359. The third-order valence-electron chi connectivity index (χ3n) is 2.92. The lowest BCUT2D eigenvalue weighted by atomic mass is 10.1. The van der Waals surface area contributed by atoms with Crippen molar-refractivity contribution >= 4 is 5.82 Å². The summed E-state index contributed by atoms with van der Waals surface area (Å²) in [6.07, 6.45) is 0. The highest BCUT2D eigenvalue weighted by Crippen LogP contribution is 2.22. The fraction of sp³-hybridized carbons (Fsp3) is 0.0714. The van der Waals surface area contributed by atoms with Gasteiger partial charge in [-0.1, -0.05) is 12.1 Å². The second-order valence-corrected chi connectivity index (χ2v) is 4.59. The summed E-state index contributed by atoms with van der Waals surface area (Å²) in [5, 5.41) is 4.27. The predicted molar refractivity (Wildman–Crippen MR) is 76.5 cm³/mol. The van der Waals surface area contributed by atoms with Crippen LogP contribution < -0.4 is 11.3 Å². The van der Waals surface area contributed by atoms with Gasteiger partial charge in [-0.15, -0.1) is 0 Å². The topological polar surface area (TPSA) is 89.6 Å². The van der Waals surface area contributed by atoms with Crippen LogP contribution in [0.25, 0.3) is 17.2 Å². The zero-order chi connectivity index (χ0) is 15.0. The van der Waals surface area contributed by atoms with Gasteiger partial charge in [-0.2, -0.15) is 9.78 Å². The Morgan fingerprint density at radius 1 is 1.29 bits per heavy atom. The molecule has 6 nitrogen and oxygen atoms in total. The second kappa shape index (κ2) is 4.86. The minimum absolute atomic E-state index is 0.222. The third-order valence-corrected chi connectivity index (χ3v) is 2.92. The van der Waals surface area contributed by atoms with Crippen molar-refractivity contribution in [3.05, 3.63) is 58.3 Å². The summed E-state index contributed by atoms with van der Waals surface area (Å²) in [5.41, 5.74) is 7.24. The van der Waals surface area contributed by atoms with Crippen molar-refractivity contribution in [2.24, 2.45) is 0 Å². The number of aromatic amines is 1. The number of anilines is 1. The number of aryl methyl sites for hydroxylation is 1. The van der Waals surface area contributed by atoms with E-state index in [2.05, 4.69) is 15.1 Å². The number of nitrogens with one attached hydrogen (secondary N) is 1. The molecule has 0 bridgehead atoms. The molecule has 3 aromatic rings. The van der Waals surface area contributed by atoms with Crippen LogP contribution in [0.5, 0.6) is 0 Å². The molecule has 0 saturated carbocycles. The number of nitrogen functional groups attached to an aromatic ring is 1. The van der Waals surface area contributed by atoms with Crippen molar-refractivity contribution in [2.75, 3.05) is 5.73 Å². The smallest absolute Gasteiger partial charge is 0.252 e. The molecule has 7 heteroatoms. The van der Waals surface area contributed by atoms with Crippen LogP contribution in [0.4, 0.5) is 10.2 Å².